The van der Waals surface area contributed by atoms with Crippen LogP contribution in [0.25, 0.3) is 0 Å². The van der Waals surface area contributed by atoms with Gasteiger partial charge in [-0.15, -0.1) is 0 Å². The summed E-state index contributed by atoms with van der Waals surface area (Å²) in [7, 11) is -4.07. The van der Waals surface area contributed by atoms with Crippen LogP contribution in [0.1, 0.15) is 37.0 Å². The second kappa shape index (κ2) is 14.3. The van der Waals surface area contributed by atoms with Crippen molar-refractivity contribution in [1.29, 1.82) is 0 Å². The van der Waals surface area contributed by atoms with Gasteiger partial charge < -0.3 is 10.2 Å². The average molecular weight is 615 g/mol. The van der Waals surface area contributed by atoms with Crippen molar-refractivity contribution in [2.24, 2.45) is 0 Å². The van der Waals surface area contributed by atoms with E-state index in [1.54, 1.807) is 31.2 Å². The quantitative estimate of drug-likeness (QED) is 0.216. The van der Waals surface area contributed by atoms with Gasteiger partial charge in [0.15, 0.2) is 0 Å². The summed E-state index contributed by atoms with van der Waals surface area (Å²) in [4.78, 5) is 40.0. The molecule has 42 heavy (non-hydrogen) atoms. The largest absolute Gasteiger partial charge is 0.352 e. The van der Waals surface area contributed by atoms with Crippen LogP contribution >= 0.6 is 11.6 Å². The normalized spacial score (nSPS) is 12.7. The summed E-state index contributed by atoms with van der Waals surface area (Å²) in [5, 5.41) is 14.9. The van der Waals surface area contributed by atoms with Gasteiger partial charge in [0.25, 0.3) is 5.69 Å². The number of benzene rings is 3. The third kappa shape index (κ3) is 8.77. The van der Waals surface area contributed by atoms with Crippen LogP contribution in [0.3, 0.4) is 0 Å². The second-order valence-corrected chi connectivity index (χ2v) is 12.5. The first kappa shape index (κ1) is 32.6. The van der Waals surface area contributed by atoms with Gasteiger partial charge in [-0.3, -0.25) is 24.0 Å². The first-order valence-electron chi connectivity index (χ1n) is 13.4. The molecule has 0 unspecified atom stereocenters. The topological polar surface area (TPSA) is 130 Å². The summed E-state index contributed by atoms with van der Waals surface area (Å²) in [6, 6.07) is 18.7. The molecule has 0 saturated carbocycles. The number of rotatable bonds is 13. The van der Waals surface area contributed by atoms with E-state index in [1.165, 1.54) is 17.0 Å². The molecule has 0 fully saturated rings. The van der Waals surface area contributed by atoms with Crippen LogP contribution in [-0.4, -0.2) is 54.9 Å². The number of non-ortho nitro benzene ring substituents is 1. The molecular weight excluding hydrogens is 580 g/mol. The number of anilines is 1. The van der Waals surface area contributed by atoms with Crippen molar-refractivity contribution in [2.75, 3.05) is 17.1 Å². The SMILES string of the molecule is CC[C@H](C)NC(=O)[C@H](Cc1ccccc1)N(Cc1ccc(Cl)cc1)C(=O)CN(c1cc([N+](=O)[O-])ccc1C)S(C)(=O)=O. The molecule has 0 heterocycles. The van der Waals surface area contributed by atoms with Crippen molar-refractivity contribution >= 4 is 44.8 Å². The zero-order valence-electron chi connectivity index (χ0n) is 24.0. The highest BCUT2D eigenvalue weighted by Crippen LogP contribution is 2.28. The maximum atomic E-state index is 14.1. The number of nitro groups is 1. The van der Waals surface area contributed by atoms with E-state index in [0.29, 0.717) is 22.6 Å². The fourth-order valence-electron chi connectivity index (χ4n) is 4.36. The molecule has 1 N–H and O–H groups in total. The number of sulfonamides is 1. The van der Waals surface area contributed by atoms with E-state index in [0.717, 1.165) is 22.2 Å². The maximum Gasteiger partial charge on any atom is 0.271 e. The standard InChI is InChI=1S/C30H35ClN4O6S/c1-5-22(3)32-30(37)28(17-23-9-7-6-8-10-23)33(19-24-12-14-25(31)15-13-24)29(36)20-34(42(4,40)41)27-18-26(35(38)39)16-11-21(27)2/h6-16,18,22,28H,5,17,19-20H2,1-4H3,(H,32,37)/t22-,28-/m0/s1. The molecule has 10 nitrogen and oxygen atoms in total. The maximum absolute atomic E-state index is 14.1. The summed E-state index contributed by atoms with van der Waals surface area (Å²) >= 11 is 6.08. The molecule has 224 valence electrons. The van der Waals surface area contributed by atoms with Crippen LogP contribution in [0.2, 0.25) is 5.02 Å². The third-order valence-corrected chi connectivity index (χ3v) is 8.27. The molecule has 2 amide bonds. The van der Waals surface area contributed by atoms with Crippen molar-refractivity contribution < 1.29 is 22.9 Å². The molecular formula is C30H35ClN4O6S. The molecule has 0 aliphatic rings. The molecule has 2 atom stereocenters. The predicted octanol–water partition coefficient (Wildman–Crippen LogP) is 4.88. The van der Waals surface area contributed by atoms with E-state index in [4.69, 9.17) is 11.6 Å². The van der Waals surface area contributed by atoms with E-state index in [9.17, 15) is 28.1 Å². The zero-order chi connectivity index (χ0) is 31.0. The van der Waals surface area contributed by atoms with Crippen molar-refractivity contribution in [3.8, 4) is 0 Å². The minimum absolute atomic E-state index is 0.00699. The van der Waals surface area contributed by atoms with E-state index in [-0.39, 0.29) is 36.3 Å². The van der Waals surface area contributed by atoms with Crippen LogP contribution in [0.4, 0.5) is 11.4 Å². The first-order valence-corrected chi connectivity index (χ1v) is 15.6. The molecule has 0 aliphatic carbocycles. The highest BCUT2D eigenvalue weighted by atomic mass is 35.5. The molecule has 3 aromatic rings. The molecule has 12 heteroatoms. The van der Waals surface area contributed by atoms with Crippen molar-refractivity contribution in [3.63, 3.8) is 0 Å². The van der Waals surface area contributed by atoms with E-state index >= 15 is 0 Å². The van der Waals surface area contributed by atoms with Gasteiger partial charge in [0.1, 0.15) is 12.6 Å². The molecule has 0 aromatic heterocycles. The summed E-state index contributed by atoms with van der Waals surface area (Å²) in [5.74, 6) is -1.03. The lowest BCUT2D eigenvalue weighted by atomic mass is 10.0. The van der Waals surface area contributed by atoms with Gasteiger partial charge in [0, 0.05) is 36.2 Å². The van der Waals surface area contributed by atoms with E-state index in [1.807, 2.05) is 44.2 Å². The number of nitro benzene ring substituents is 1. The molecule has 0 bridgehead atoms. The number of hydrogen-bond acceptors (Lipinski definition) is 6. The number of aryl methyl sites for hydroxylation is 1. The summed E-state index contributed by atoms with van der Waals surface area (Å²) < 4.78 is 26.8. The van der Waals surface area contributed by atoms with Crippen molar-refractivity contribution in [2.45, 2.75) is 52.2 Å². The van der Waals surface area contributed by atoms with Crippen LogP contribution < -0.4 is 9.62 Å². The lowest BCUT2D eigenvalue weighted by molar-refractivity contribution is -0.384. The molecule has 0 radical (unpaired) electrons. The van der Waals surface area contributed by atoms with Crippen molar-refractivity contribution in [1.82, 2.24) is 10.2 Å². The zero-order valence-corrected chi connectivity index (χ0v) is 25.6. The fourth-order valence-corrected chi connectivity index (χ4v) is 5.38. The van der Waals surface area contributed by atoms with Gasteiger partial charge in [0.2, 0.25) is 21.8 Å². The summed E-state index contributed by atoms with van der Waals surface area (Å²) in [6.07, 6.45) is 1.78. The Bertz CT molecular complexity index is 1520. The van der Waals surface area contributed by atoms with Gasteiger partial charge in [-0.25, -0.2) is 8.42 Å². The van der Waals surface area contributed by atoms with Crippen LogP contribution in [0.15, 0.2) is 72.8 Å². The Hall–Kier alpha value is -3.96. The minimum atomic E-state index is -4.07. The number of amides is 2. The number of halogens is 1. The Balaban J connectivity index is 2.10. The lowest BCUT2D eigenvalue weighted by Gasteiger charge is -2.34. The van der Waals surface area contributed by atoms with Crippen LogP contribution in [0, 0.1) is 17.0 Å². The molecule has 0 spiro atoms. The third-order valence-electron chi connectivity index (χ3n) is 6.89. The number of nitrogens with one attached hydrogen (secondary N) is 1. The predicted molar refractivity (Wildman–Crippen MR) is 164 cm³/mol. The highest BCUT2D eigenvalue weighted by Gasteiger charge is 2.34. The minimum Gasteiger partial charge on any atom is -0.352 e. The van der Waals surface area contributed by atoms with Gasteiger partial charge in [0.05, 0.1) is 16.9 Å². The van der Waals surface area contributed by atoms with Gasteiger partial charge in [-0.1, -0.05) is 67.1 Å². The average Bonchev–Trinajstić information content (AvgIpc) is 2.94. The second-order valence-electron chi connectivity index (χ2n) is 10.2. The van der Waals surface area contributed by atoms with Crippen LogP contribution in [-0.2, 0) is 32.6 Å². The van der Waals surface area contributed by atoms with Gasteiger partial charge >= 0.3 is 0 Å². The Morgan fingerprint density at radius 2 is 1.67 bits per heavy atom. The number of nitrogens with zero attached hydrogens (tertiary/aromatic N) is 3. The fraction of sp³-hybridized carbons (Fsp3) is 0.333. The smallest absolute Gasteiger partial charge is 0.271 e. The van der Waals surface area contributed by atoms with E-state index in [2.05, 4.69) is 5.32 Å². The Labute approximate surface area is 251 Å². The Morgan fingerprint density at radius 3 is 2.24 bits per heavy atom. The number of hydrogen-bond donors (Lipinski definition) is 1. The Morgan fingerprint density at radius 1 is 1.02 bits per heavy atom. The molecule has 0 saturated heterocycles. The van der Waals surface area contributed by atoms with Crippen LogP contribution in [0.5, 0.6) is 0 Å². The van der Waals surface area contributed by atoms with Crippen molar-refractivity contribution in [3.05, 3.63) is 105 Å². The Kier molecular flexibility index (Phi) is 11.1. The highest BCUT2D eigenvalue weighted by molar-refractivity contribution is 7.92. The number of carbonyl (C=O) groups is 2. The van der Waals surface area contributed by atoms with Gasteiger partial charge in [-0.2, -0.15) is 0 Å². The molecule has 3 rings (SSSR count). The van der Waals surface area contributed by atoms with Gasteiger partial charge in [-0.05, 0) is 49.1 Å². The monoisotopic (exact) mass is 614 g/mol. The molecule has 3 aromatic carbocycles. The van der Waals surface area contributed by atoms with E-state index < -0.39 is 33.4 Å². The first-order chi connectivity index (χ1) is 19.8. The lowest BCUT2D eigenvalue weighted by Crippen LogP contribution is -2.54. The number of carbonyl (C=O) groups excluding carboxylic acids is 2. The summed E-state index contributed by atoms with van der Waals surface area (Å²) in [5.41, 5.74) is 1.61. The summed E-state index contributed by atoms with van der Waals surface area (Å²) in [6.45, 7) is 4.72. The molecule has 0 aliphatic heterocycles.